The normalized spacial score (nSPS) is 16.3. The first kappa shape index (κ1) is 21.1. The molecular weight excluding hydrogens is 390 g/mol. The number of nitrogens with zero attached hydrogens (tertiary/aromatic N) is 1. The number of halogens is 1. The standard InChI is InChI=1S/C23H24ClNO4/c1-2-18-7-5-6-14-25(18)21(26)15-29-23(28)20-9-4-3-8-19(20)22(27)16-10-12-17(24)13-11-16/h3-4,8-13,18H,2,5-7,14-15H2,1H3/t18-/m1/s1. The number of benzene rings is 2. The van der Waals surface area contributed by atoms with Crippen molar-refractivity contribution in [3.05, 3.63) is 70.2 Å². The van der Waals surface area contributed by atoms with E-state index in [0.717, 1.165) is 25.7 Å². The van der Waals surface area contributed by atoms with Crippen molar-refractivity contribution in [2.45, 2.75) is 38.6 Å². The molecule has 2 aromatic carbocycles. The van der Waals surface area contributed by atoms with Gasteiger partial charge in [-0.3, -0.25) is 9.59 Å². The molecule has 152 valence electrons. The summed E-state index contributed by atoms with van der Waals surface area (Å²) < 4.78 is 5.28. The summed E-state index contributed by atoms with van der Waals surface area (Å²) in [6.07, 6.45) is 3.95. The maximum Gasteiger partial charge on any atom is 0.339 e. The molecule has 0 bridgehead atoms. The number of rotatable bonds is 6. The molecule has 1 heterocycles. The van der Waals surface area contributed by atoms with E-state index >= 15 is 0 Å². The Morgan fingerprint density at radius 3 is 2.41 bits per heavy atom. The Morgan fingerprint density at radius 2 is 1.72 bits per heavy atom. The quantitative estimate of drug-likeness (QED) is 0.516. The van der Waals surface area contributed by atoms with Gasteiger partial charge in [0, 0.05) is 28.7 Å². The van der Waals surface area contributed by atoms with E-state index < -0.39 is 5.97 Å². The van der Waals surface area contributed by atoms with Crippen LogP contribution in [0.2, 0.25) is 5.02 Å². The van der Waals surface area contributed by atoms with Crippen LogP contribution in [0.3, 0.4) is 0 Å². The fourth-order valence-electron chi connectivity index (χ4n) is 3.66. The van der Waals surface area contributed by atoms with Gasteiger partial charge in [-0.05, 0) is 56.0 Å². The molecular formula is C23H24ClNO4. The van der Waals surface area contributed by atoms with Crippen LogP contribution < -0.4 is 0 Å². The fraction of sp³-hybridized carbons (Fsp3) is 0.348. The Kier molecular flexibility index (Phi) is 7.04. The van der Waals surface area contributed by atoms with E-state index in [9.17, 15) is 14.4 Å². The molecule has 0 aromatic heterocycles. The van der Waals surface area contributed by atoms with E-state index in [1.807, 2.05) is 4.90 Å². The number of amides is 1. The summed E-state index contributed by atoms with van der Waals surface area (Å²) in [6.45, 7) is 2.43. The molecule has 2 aromatic rings. The first-order valence-electron chi connectivity index (χ1n) is 9.87. The zero-order valence-corrected chi connectivity index (χ0v) is 17.2. The summed E-state index contributed by atoms with van der Waals surface area (Å²) in [5, 5.41) is 0.524. The van der Waals surface area contributed by atoms with Crippen LogP contribution in [0.15, 0.2) is 48.5 Å². The highest BCUT2D eigenvalue weighted by atomic mass is 35.5. The lowest BCUT2D eigenvalue weighted by atomic mass is 9.98. The van der Waals surface area contributed by atoms with Gasteiger partial charge < -0.3 is 9.64 Å². The SMILES string of the molecule is CC[C@@H]1CCCCN1C(=O)COC(=O)c1ccccc1C(=O)c1ccc(Cl)cc1. The van der Waals surface area contributed by atoms with Crippen LogP contribution in [0.1, 0.15) is 58.9 Å². The second kappa shape index (κ2) is 9.70. The van der Waals surface area contributed by atoms with Crippen molar-refractivity contribution in [2.24, 2.45) is 0 Å². The third-order valence-corrected chi connectivity index (χ3v) is 5.50. The van der Waals surface area contributed by atoms with Crippen LogP contribution in [-0.4, -0.2) is 41.8 Å². The van der Waals surface area contributed by atoms with Crippen molar-refractivity contribution in [3.8, 4) is 0 Å². The molecule has 0 unspecified atom stereocenters. The molecule has 1 fully saturated rings. The van der Waals surface area contributed by atoms with Crippen molar-refractivity contribution < 1.29 is 19.1 Å². The summed E-state index contributed by atoms with van der Waals surface area (Å²) in [7, 11) is 0. The maximum atomic E-state index is 12.8. The molecule has 6 heteroatoms. The molecule has 1 aliphatic heterocycles. The highest BCUT2D eigenvalue weighted by molar-refractivity contribution is 6.30. The summed E-state index contributed by atoms with van der Waals surface area (Å²) >= 11 is 5.88. The largest absolute Gasteiger partial charge is 0.452 e. The second-order valence-corrected chi connectivity index (χ2v) is 7.54. The van der Waals surface area contributed by atoms with Gasteiger partial charge in [-0.15, -0.1) is 0 Å². The summed E-state index contributed by atoms with van der Waals surface area (Å²) in [6, 6.07) is 13.1. The number of hydrogen-bond acceptors (Lipinski definition) is 4. The number of hydrogen-bond donors (Lipinski definition) is 0. The van der Waals surface area contributed by atoms with Crippen molar-refractivity contribution in [3.63, 3.8) is 0 Å². The van der Waals surface area contributed by atoms with Gasteiger partial charge in [0.1, 0.15) is 0 Å². The lowest BCUT2D eigenvalue weighted by Gasteiger charge is -2.35. The number of likely N-dealkylation sites (tertiary alicyclic amines) is 1. The van der Waals surface area contributed by atoms with E-state index in [2.05, 4.69) is 6.92 Å². The minimum atomic E-state index is -0.679. The number of carbonyl (C=O) groups is 3. The third kappa shape index (κ3) is 5.04. The Labute approximate surface area is 175 Å². The molecule has 5 nitrogen and oxygen atoms in total. The molecule has 0 spiro atoms. The molecule has 3 rings (SSSR count). The Hall–Kier alpha value is -2.66. The van der Waals surface area contributed by atoms with Gasteiger partial charge in [-0.2, -0.15) is 0 Å². The molecule has 0 aliphatic carbocycles. The maximum absolute atomic E-state index is 12.8. The Bertz CT molecular complexity index is 894. The van der Waals surface area contributed by atoms with Crippen LogP contribution in [-0.2, 0) is 9.53 Å². The van der Waals surface area contributed by atoms with Gasteiger partial charge >= 0.3 is 5.97 Å². The number of carbonyl (C=O) groups excluding carboxylic acids is 3. The van der Waals surface area contributed by atoms with E-state index in [-0.39, 0.29) is 35.5 Å². The molecule has 1 aliphatic rings. The van der Waals surface area contributed by atoms with Crippen LogP contribution in [0.25, 0.3) is 0 Å². The van der Waals surface area contributed by atoms with Crippen molar-refractivity contribution in [2.75, 3.05) is 13.2 Å². The molecule has 29 heavy (non-hydrogen) atoms. The number of ether oxygens (including phenoxy) is 1. The molecule has 0 N–H and O–H groups in total. The highest BCUT2D eigenvalue weighted by Crippen LogP contribution is 2.20. The molecule has 0 radical (unpaired) electrons. The van der Waals surface area contributed by atoms with Crippen LogP contribution in [0.5, 0.6) is 0 Å². The second-order valence-electron chi connectivity index (χ2n) is 7.10. The average Bonchev–Trinajstić information content (AvgIpc) is 2.77. The predicted octanol–water partition coefficient (Wildman–Crippen LogP) is 4.52. The van der Waals surface area contributed by atoms with E-state index in [0.29, 0.717) is 17.1 Å². The Morgan fingerprint density at radius 1 is 1.03 bits per heavy atom. The first-order valence-corrected chi connectivity index (χ1v) is 10.2. The van der Waals surface area contributed by atoms with Gasteiger partial charge in [0.2, 0.25) is 0 Å². The van der Waals surface area contributed by atoms with Crippen molar-refractivity contribution in [1.29, 1.82) is 0 Å². The van der Waals surface area contributed by atoms with Crippen LogP contribution in [0.4, 0.5) is 0 Å². The highest BCUT2D eigenvalue weighted by Gasteiger charge is 2.26. The van der Waals surface area contributed by atoms with Crippen LogP contribution >= 0.6 is 11.6 Å². The predicted molar refractivity (Wildman–Crippen MR) is 111 cm³/mol. The summed E-state index contributed by atoms with van der Waals surface area (Å²) in [5.41, 5.74) is 0.799. The molecule has 1 atom stereocenters. The van der Waals surface area contributed by atoms with Gasteiger partial charge in [-0.1, -0.05) is 36.7 Å². The first-order chi connectivity index (χ1) is 14.0. The molecule has 0 saturated carbocycles. The Balaban J connectivity index is 1.70. The van der Waals surface area contributed by atoms with Gasteiger partial charge in [0.05, 0.1) is 5.56 Å². The zero-order chi connectivity index (χ0) is 20.8. The van der Waals surface area contributed by atoms with Crippen molar-refractivity contribution in [1.82, 2.24) is 4.90 Å². The third-order valence-electron chi connectivity index (χ3n) is 5.24. The smallest absolute Gasteiger partial charge is 0.339 e. The minimum Gasteiger partial charge on any atom is -0.452 e. The van der Waals surface area contributed by atoms with Crippen LogP contribution in [0, 0.1) is 0 Å². The van der Waals surface area contributed by atoms with Crippen molar-refractivity contribution >= 4 is 29.3 Å². The molecule has 1 amide bonds. The monoisotopic (exact) mass is 413 g/mol. The summed E-state index contributed by atoms with van der Waals surface area (Å²) in [5.74, 6) is -1.17. The summed E-state index contributed by atoms with van der Waals surface area (Å²) in [4.78, 5) is 39.8. The van der Waals surface area contributed by atoms with E-state index in [1.165, 1.54) is 6.07 Å². The molecule has 1 saturated heterocycles. The minimum absolute atomic E-state index is 0.144. The van der Waals surface area contributed by atoms with E-state index in [4.69, 9.17) is 16.3 Å². The topological polar surface area (TPSA) is 63.7 Å². The lowest BCUT2D eigenvalue weighted by Crippen LogP contribution is -2.45. The fourth-order valence-corrected chi connectivity index (χ4v) is 3.78. The van der Waals surface area contributed by atoms with E-state index in [1.54, 1.807) is 42.5 Å². The number of piperidine rings is 1. The lowest BCUT2D eigenvalue weighted by molar-refractivity contribution is -0.138. The van der Waals surface area contributed by atoms with Gasteiger partial charge in [0.15, 0.2) is 12.4 Å². The zero-order valence-electron chi connectivity index (χ0n) is 16.4. The number of esters is 1. The average molecular weight is 414 g/mol. The number of ketones is 1. The van der Waals surface area contributed by atoms with Gasteiger partial charge in [0.25, 0.3) is 5.91 Å². The van der Waals surface area contributed by atoms with Gasteiger partial charge in [-0.25, -0.2) is 4.79 Å².